The molecule has 142 valence electrons. The Morgan fingerprint density at radius 1 is 1.19 bits per heavy atom. The van der Waals surface area contributed by atoms with Gasteiger partial charge in [0, 0.05) is 13.2 Å². The van der Waals surface area contributed by atoms with Crippen molar-refractivity contribution in [3.05, 3.63) is 0 Å². The molecule has 0 bridgehead atoms. The van der Waals surface area contributed by atoms with Gasteiger partial charge in [-0.1, -0.05) is 12.8 Å². The third-order valence-electron chi connectivity index (χ3n) is 5.13. The smallest absolute Gasteiger partial charge is 0.320 e. The molecule has 2 N–H and O–H groups in total. The van der Waals surface area contributed by atoms with Gasteiger partial charge in [0.15, 0.2) is 17.0 Å². The van der Waals surface area contributed by atoms with Gasteiger partial charge in [-0.15, -0.1) is 0 Å². The molecule has 0 spiro atoms. The number of hydrogen-bond donors (Lipinski definition) is 1. The summed E-state index contributed by atoms with van der Waals surface area (Å²) in [5.74, 6) is 1.13. The summed E-state index contributed by atoms with van der Waals surface area (Å²) < 4.78 is 18.8. The first-order valence-electron chi connectivity index (χ1n) is 9.56. The van der Waals surface area contributed by atoms with E-state index in [0.717, 1.165) is 51.2 Å². The number of methoxy groups -OCH3 is 1. The van der Waals surface area contributed by atoms with Crippen LogP contribution in [0.4, 0.5) is 5.82 Å². The lowest BCUT2D eigenvalue weighted by Gasteiger charge is -2.11. The highest BCUT2D eigenvalue weighted by atomic mass is 16.5. The second kappa shape index (κ2) is 7.65. The number of aryl methyl sites for hydroxylation is 1. The Morgan fingerprint density at radius 2 is 2.08 bits per heavy atom. The number of fused-ring (bicyclic) bond motifs is 1. The van der Waals surface area contributed by atoms with Crippen molar-refractivity contribution >= 4 is 17.0 Å². The molecule has 8 nitrogen and oxygen atoms in total. The van der Waals surface area contributed by atoms with E-state index in [4.69, 9.17) is 19.9 Å². The summed E-state index contributed by atoms with van der Waals surface area (Å²) in [6, 6.07) is 0.821. The predicted molar refractivity (Wildman–Crippen MR) is 97.3 cm³/mol. The van der Waals surface area contributed by atoms with Gasteiger partial charge in [-0.25, -0.2) is 0 Å². The van der Waals surface area contributed by atoms with Crippen LogP contribution in [0.1, 0.15) is 44.9 Å². The van der Waals surface area contributed by atoms with E-state index in [0.29, 0.717) is 41.7 Å². The Morgan fingerprint density at radius 3 is 2.81 bits per heavy atom. The minimum atomic E-state index is 0.318. The van der Waals surface area contributed by atoms with Crippen molar-refractivity contribution < 1.29 is 14.2 Å². The molecule has 2 aromatic rings. The fourth-order valence-corrected chi connectivity index (χ4v) is 3.48. The van der Waals surface area contributed by atoms with E-state index in [1.807, 2.05) is 4.57 Å². The van der Waals surface area contributed by atoms with Crippen LogP contribution in [0.2, 0.25) is 0 Å². The molecule has 2 fully saturated rings. The summed E-state index contributed by atoms with van der Waals surface area (Å²) in [5, 5.41) is 0. The lowest BCUT2D eigenvalue weighted by Crippen LogP contribution is -2.09. The first kappa shape index (κ1) is 17.3. The Bertz CT molecular complexity index is 753. The molecule has 2 aliphatic rings. The van der Waals surface area contributed by atoms with E-state index in [2.05, 4.69) is 15.0 Å². The van der Waals surface area contributed by atoms with E-state index >= 15 is 0 Å². The number of anilines is 1. The molecule has 0 radical (unpaired) electrons. The van der Waals surface area contributed by atoms with Crippen LogP contribution in [-0.4, -0.2) is 45.9 Å². The maximum Gasteiger partial charge on any atom is 0.320 e. The third kappa shape index (κ3) is 3.85. The molecule has 2 aromatic heterocycles. The zero-order valence-corrected chi connectivity index (χ0v) is 15.3. The fraction of sp³-hybridized carbons (Fsp3) is 0.722. The second-order valence-corrected chi connectivity index (χ2v) is 7.17. The van der Waals surface area contributed by atoms with Gasteiger partial charge in [0.2, 0.25) is 0 Å². The topological polar surface area (TPSA) is 97.3 Å². The Hall–Kier alpha value is -2.09. The second-order valence-electron chi connectivity index (χ2n) is 7.17. The minimum absolute atomic E-state index is 0.318. The van der Waals surface area contributed by atoms with Crippen molar-refractivity contribution in [1.29, 1.82) is 0 Å². The summed E-state index contributed by atoms with van der Waals surface area (Å²) in [4.78, 5) is 13.2. The van der Waals surface area contributed by atoms with Crippen molar-refractivity contribution in [2.75, 3.05) is 26.1 Å². The fourth-order valence-electron chi connectivity index (χ4n) is 3.48. The van der Waals surface area contributed by atoms with Gasteiger partial charge in [-0.2, -0.15) is 15.0 Å². The maximum atomic E-state index is 6.08. The van der Waals surface area contributed by atoms with E-state index in [9.17, 15) is 0 Å². The van der Waals surface area contributed by atoms with Crippen molar-refractivity contribution in [2.24, 2.45) is 5.92 Å². The number of imidazole rings is 1. The number of nitrogens with zero attached hydrogens (tertiary/aromatic N) is 4. The van der Waals surface area contributed by atoms with Gasteiger partial charge in [0.1, 0.15) is 0 Å². The summed E-state index contributed by atoms with van der Waals surface area (Å²) in [7, 11) is 1.61. The number of hydrogen-bond acceptors (Lipinski definition) is 7. The van der Waals surface area contributed by atoms with Crippen molar-refractivity contribution in [2.45, 2.75) is 57.6 Å². The zero-order chi connectivity index (χ0) is 17.9. The zero-order valence-electron chi connectivity index (χ0n) is 15.3. The van der Waals surface area contributed by atoms with Gasteiger partial charge < -0.3 is 19.9 Å². The van der Waals surface area contributed by atoms with Gasteiger partial charge in [0.25, 0.3) is 6.01 Å². The highest BCUT2D eigenvalue weighted by molar-refractivity contribution is 5.83. The number of nitrogen functional groups attached to an aromatic ring is 1. The molecule has 1 aliphatic carbocycles. The summed E-state index contributed by atoms with van der Waals surface area (Å²) >= 11 is 0. The monoisotopic (exact) mass is 361 g/mol. The molecule has 8 heteroatoms. The van der Waals surface area contributed by atoms with Gasteiger partial charge in [-0.3, -0.25) is 4.57 Å². The number of nitrogens with two attached hydrogens (primary N) is 1. The maximum absolute atomic E-state index is 6.08. The van der Waals surface area contributed by atoms with E-state index in [-0.39, 0.29) is 0 Å². The van der Waals surface area contributed by atoms with E-state index in [1.54, 1.807) is 7.11 Å². The van der Waals surface area contributed by atoms with Crippen LogP contribution >= 0.6 is 0 Å². The van der Waals surface area contributed by atoms with Crippen LogP contribution in [0.15, 0.2) is 0 Å². The van der Waals surface area contributed by atoms with Crippen LogP contribution < -0.4 is 15.2 Å². The molecule has 0 amide bonds. The highest BCUT2D eigenvalue weighted by Crippen LogP contribution is 2.32. The standard InChI is InChI=1S/C18H27N5O3/c1-24-18-20-14-15(19)21-17(26-11-8-12-6-7-12)22-16(14)23(18)9-2-4-13-5-3-10-25-13/h12-13H,2-11H2,1H3,(H2,19,21,22). The first-order valence-corrected chi connectivity index (χ1v) is 9.56. The van der Waals surface area contributed by atoms with E-state index < -0.39 is 0 Å². The van der Waals surface area contributed by atoms with Gasteiger partial charge >= 0.3 is 6.01 Å². The molecule has 4 rings (SSSR count). The molecular formula is C18H27N5O3. The average Bonchev–Trinajstić information content (AvgIpc) is 3.17. The molecule has 3 heterocycles. The van der Waals surface area contributed by atoms with Crippen LogP contribution in [0.25, 0.3) is 11.2 Å². The van der Waals surface area contributed by atoms with Gasteiger partial charge in [-0.05, 0) is 38.0 Å². The summed E-state index contributed by atoms with van der Waals surface area (Å²) in [6.07, 6.45) is 8.33. The van der Waals surface area contributed by atoms with Crippen LogP contribution in [0.5, 0.6) is 12.0 Å². The molecule has 1 saturated heterocycles. The molecule has 1 aliphatic heterocycles. The quantitative estimate of drug-likeness (QED) is 0.733. The predicted octanol–water partition coefficient (Wildman–Crippen LogP) is 2.56. The molecule has 1 atom stereocenters. The number of ether oxygens (including phenoxy) is 3. The van der Waals surface area contributed by atoms with Crippen molar-refractivity contribution in [3.8, 4) is 12.0 Å². The van der Waals surface area contributed by atoms with Crippen molar-refractivity contribution in [3.63, 3.8) is 0 Å². The lowest BCUT2D eigenvalue weighted by molar-refractivity contribution is 0.101. The van der Waals surface area contributed by atoms with Crippen LogP contribution in [0.3, 0.4) is 0 Å². The van der Waals surface area contributed by atoms with Crippen molar-refractivity contribution in [1.82, 2.24) is 19.5 Å². The molecule has 0 aromatic carbocycles. The Kier molecular flexibility index (Phi) is 5.10. The molecule has 26 heavy (non-hydrogen) atoms. The average molecular weight is 361 g/mol. The summed E-state index contributed by atoms with van der Waals surface area (Å²) in [5.41, 5.74) is 7.32. The third-order valence-corrected chi connectivity index (χ3v) is 5.13. The molecular weight excluding hydrogens is 334 g/mol. The Balaban J connectivity index is 1.49. The van der Waals surface area contributed by atoms with Crippen LogP contribution in [-0.2, 0) is 11.3 Å². The highest BCUT2D eigenvalue weighted by Gasteiger charge is 2.22. The van der Waals surface area contributed by atoms with E-state index in [1.165, 1.54) is 12.8 Å². The summed E-state index contributed by atoms with van der Waals surface area (Å²) in [6.45, 7) is 2.25. The first-order chi connectivity index (χ1) is 12.7. The number of rotatable bonds is 9. The lowest BCUT2D eigenvalue weighted by atomic mass is 10.1. The minimum Gasteiger partial charge on any atom is -0.468 e. The van der Waals surface area contributed by atoms with Crippen LogP contribution in [0, 0.1) is 5.92 Å². The largest absolute Gasteiger partial charge is 0.468 e. The molecule has 1 saturated carbocycles. The SMILES string of the molecule is COc1nc2c(N)nc(OCCC3CC3)nc2n1CCCC1CCCO1. The normalized spacial score (nSPS) is 20.0. The van der Waals surface area contributed by atoms with Gasteiger partial charge in [0.05, 0.1) is 19.8 Å². The molecule has 1 unspecified atom stereocenters. The Labute approximate surface area is 153 Å². The number of aromatic nitrogens is 4.